The number of benzene rings is 1. The summed E-state index contributed by atoms with van der Waals surface area (Å²) in [7, 11) is 0. The molecule has 1 rings (SSSR count). The highest BCUT2D eigenvalue weighted by Gasteiger charge is 1.92. The van der Waals surface area contributed by atoms with Crippen molar-refractivity contribution in [1.82, 2.24) is 5.32 Å². The third-order valence-electron chi connectivity index (χ3n) is 2.30. The highest BCUT2D eigenvalue weighted by atomic mass is 35.5. The van der Waals surface area contributed by atoms with Crippen molar-refractivity contribution < 1.29 is 4.74 Å². The molecule has 0 spiro atoms. The molecule has 0 heterocycles. The van der Waals surface area contributed by atoms with Gasteiger partial charge in [0, 0.05) is 19.8 Å². The topological polar surface area (TPSA) is 21.3 Å². The largest absolute Gasteiger partial charge is 0.382 e. The van der Waals surface area contributed by atoms with Gasteiger partial charge < -0.3 is 10.1 Å². The predicted octanol–water partition coefficient (Wildman–Crippen LogP) is 2.93. The first kappa shape index (κ1) is 15.4. The van der Waals surface area contributed by atoms with E-state index in [1.54, 1.807) is 0 Å². The Morgan fingerprint density at radius 3 is 2.50 bits per heavy atom. The molecule has 0 atom stereocenters. The van der Waals surface area contributed by atoms with Crippen LogP contribution in [0, 0.1) is 6.92 Å². The lowest BCUT2D eigenvalue weighted by atomic mass is 10.1. The van der Waals surface area contributed by atoms with E-state index < -0.39 is 0 Å². The lowest BCUT2D eigenvalue weighted by Crippen LogP contribution is -2.16. The van der Waals surface area contributed by atoms with E-state index in [0.29, 0.717) is 0 Å². The number of hydrogen-bond donors (Lipinski definition) is 1. The fourth-order valence-corrected chi connectivity index (χ4v) is 1.38. The van der Waals surface area contributed by atoms with Gasteiger partial charge in [-0.2, -0.15) is 0 Å². The molecule has 0 aliphatic rings. The molecule has 16 heavy (non-hydrogen) atoms. The number of rotatable bonds is 7. The first-order chi connectivity index (χ1) is 7.33. The third-order valence-corrected chi connectivity index (χ3v) is 2.30. The maximum Gasteiger partial charge on any atom is 0.0477 e. The van der Waals surface area contributed by atoms with Gasteiger partial charge in [-0.25, -0.2) is 0 Å². The molecule has 0 radical (unpaired) electrons. The Morgan fingerprint density at radius 1 is 1.19 bits per heavy atom. The maximum absolute atomic E-state index is 5.26. The standard InChI is InChI=1S/C13H21NO.ClH/c1-3-15-10-4-9-14-11-13-7-5-12(2)6-8-13;/h5-8,14H,3-4,9-11H2,1-2H3;1H. The Kier molecular flexibility index (Phi) is 9.30. The van der Waals surface area contributed by atoms with Crippen LogP contribution in [-0.2, 0) is 11.3 Å². The van der Waals surface area contributed by atoms with Gasteiger partial charge in [0.2, 0.25) is 0 Å². The van der Waals surface area contributed by atoms with Crippen LogP contribution in [-0.4, -0.2) is 19.8 Å². The Balaban J connectivity index is 0.00000225. The summed E-state index contributed by atoms with van der Waals surface area (Å²) < 4.78 is 5.26. The van der Waals surface area contributed by atoms with Gasteiger partial charge in [0.25, 0.3) is 0 Å². The summed E-state index contributed by atoms with van der Waals surface area (Å²) in [6.45, 7) is 7.79. The first-order valence-electron chi connectivity index (χ1n) is 5.67. The van der Waals surface area contributed by atoms with Crippen molar-refractivity contribution in [1.29, 1.82) is 0 Å². The predicted molar refractivity (Wildman–Crippen MR) is 71.2 cm³/mol. The SMILES string of the molecule is CCOCCCNCc1ccc(C)cc1.Cl. The average Bonchev–Trinajstić information content (AvgIpc) is 2.26. The van der Waals surface area contributed by atoms with E-state index in [2.05, 4.69) is 36.5 Å². The molecule has 0 fully saturated rings. The van der Waals surface area contributed by atoms with E-state index in [1.165, 1.54) is 11.1 Å². The molecule has 0 aliphatic heterocycles. The van der Waals surface area contributed by atoms with Crippen LogP contribution in [0.3, 0.4) is 0 Å². The first-order valence-corrected chi connectivity index (χ1v) is 5.67. The van der Waals surface area contributed by atoms with Gasteiger partial charge in [-0.1, -0.05) is 29.8 Å². The number of hydrogen-bond acceptors (Lipinski definition) is 2. The molecule has 2 nitrogen and oxygen atoms in total. The van der Waals surface area contributed by atoms with Crippen LogP contribution in [0.1, 0.15) is 24.5 Å². The zero-order chi connectivity index (χ0) is 10.9. The Hall–Kier alpha value is -0.570. The molecular weight excluding hydrogens is 222 g/mol. The Labute approximate surface area is 105 Å². The van der Waals surface area contributed by atoms with E-state index in [4.69, 9.17) is 4.74 Å². The number of nitrogens with one attached hydrogen (secondary N) is 1. The lowest BCUT2D eigenvalue weighted by Gasteiger charge is -2.05. The summed E-state index contributed by atoms with van der Waals surface area (Å²) in [5.74, 6) is 0. The molecule has 92 valence electrons. The number of ether oxygens (including phenoxy) is 1. The molecule has 1 aromatic rings. The second-order valence-corrected chi connectivity index (χ2v) is 3.71. The second kappa shape index (κ2) is 9.64. The normalized spacial score (nSPS) is 9.88. The van der Waals surface area contributed by atoms with Crippen molar-refractivity contribution >= 4 is 12.4 Å². The number of halogens is 1. The van der Waals surface area contributed by atoms with Gasteiger partial charge >= 0.3 is 0 Å². The zero-order valence-corrected chi connectivity index (χ0v) is 11.0. The third kappa shape index (κ3) is 6.83. The van der Waals surface area contributed by atoms with Gasteiger partial charge in [0.05, 0.1) is 0 Å². The molecule has 0 unspecified atom stereocenters. The van der Waals surface area contributed by atoms with Crippen LogP contribution in [0.5, 0.6) is 0 Å². The smallest absolute Gasteiger partial charge is 0.0477 e. The Morgan fingerprint density at radius 2 is 1.88 bits per heavy atom. The zero-order valence-electron chi connectivity index (χ0n) is 10.2. The van der Waals surface area contributed by atoms with E-state index in [0.717, 1.165) is 32.7 Å². The van der Waals surface area contributed by atoms with Crippen LogP contribution in [0.25, 0.3) is 0 Å². The second-order valence-electron chi connectivity index (χ2n) is 3.71. The van der Waals surface area contributed by atoms with Crippen molar-refractivity contribution in [3.05, 3.63) is 35.4 Å². The van der Waals surface area contributed by atoms with Crippen molar-refractivity contribution in [3.63, 3.8) is 0 Å². The molecule has 1 aromatic carbocycles. The van der Waals surface area contributed by atoms with Gasteiger partial charge in [-0.3, -0.25) is 0 Å². The Bertz CT molecular complexity index is 261. The maximum atomic E-state index is 5.26. The fraction of sp³-hybridized carbons (Fsp3) is 0.538. The summed E-state index contributed by atoms with van der Waals surface area (Å²) in [6.07, 6.45) is 1.08. The minimum absolute atomic E-state index is 0. The summed E-state index contributed by atoms with van der Waals surface area (Å²) in [5, 5.41) is 3.40. The molecule has 3 heteroatoms. The van der Waals surface area contributed by atoms with Crippen LogP contribution in [0.4, 0.5) is 0 Å². The number of aryl methyl sites for hydroxylation is 1. The van der Waals surface area contributed by atoms with E-state index in [9.17, 15) is 0 Å². The summed E-state index contributed by atoms with van der Waals surface area (Å²) in [5.41, 5.74) is 2.66. The van der Waals surface area contributed by atoms with Gasteiger partial charge in [0.15, 0.2) is 0 Å². The van der Waals surface area contributed by atoms with Crippen molar-refractivity contribution in [2.45, 2.75) is 26.8 Å². The fourth-order valence-electron chi connectivity index (χ4n) is 1.38. The summed E-state index contributed by atoms with van der Waals surface area (Å²) >= 11 is 0. The quantitative estimate of drug-likeness (QED) is 0.744. The van der Waals surface area contributed by atoms with Crippen LogP contribution in [0.2, 0.25) is 0 Å². The molecule has 1 N–H and O–H groups in total. The molecule has 0 aromatic heterocycles. The van der Waals surface area contributed by atoms with Gasteiger partial charge in [-0.05, 0) is 32.4 Å². The van der Waals surface area contributed by atoms with E-state index in [-0.39, 0.29) is 12.4 Å². The van der Waals surface area contributed by atoms with Crippen molar-refractivity contribution in [2.24, 2.45) is 0 Å². The molecular formula is C13H22ClNO. The molecule has 0 bridgehead atoms. The average molecular weight is 244 g/mol. The summed E-state index contributed by atoms with van der Waals surface area (Å²) in [4.78, 5) is 0. The minimum Gasteiger partial charge on any atom is -0.382 e. The summed E-state index contributed by atoms with van der Waals surface area (Å²) in [6, 6.07) is 8.64. The highest BCUT2D eigenvalue weighted by Crippen LogP contribution is 2.02. The van der Waals surface area contributed by atoms with Crippen LogP contribution < -0.4 is 5.32 Å². The molecule has 0 saturated carbocycles. The van der Waals surface area contributed by atoms with E-state index >= 15 is 0 Å². The monoisotopic (exact) mass is 243 g/mol. The van der Waals surface area contributed by atoms with Gasteiger partial charge in [0.1, 0.15) is 0 Å². The van der Waals surface area contributed by atoms with Crippen molar-refractivity contribution in [2.75, 3.05) is 19.8 Å². The van der Waals surface area contributed by atoms with Crippen LogP contribution >= 0.6 is 12.4 Å². The highest BCUT2D eigenvalue weighted by molar-refractivity contribution is 5.85. The van der Waals surface area contributed by atoms with Gasteiger partial charge in [-0.15, -0.1) is 12.4 Å². The van der Waals surface area contributed by atoms with Crippen molar-refractivity contribution in [3.8, 4) is 0 Å². The molecule has 0 aliphatic carbocycles. The van der Waals surface area contributed by atoms with E-state index in [1.807, 2.05) is 6.92 Å². The molecule has 0 saturated heterocycles. The molecule has 0 amide bonds. The van der Waals surface area contributed by atoms with Crippen LogP contribution in [0.15, 0.2) is 24.3 Å². The lowest BCUT2D eigenvalue weighted by molar-refractivity contribution is 0.144. The minimum atomic E-state index is 0.